The number of thiophene rings is 1. The van der Waals surface area contributed by atoms with Crippen LogP contribution in [0.15, 0.2) is 12.1 Å². The SMILES string of the molecule is Cl.NC1CCCC(C(=O)NCCc2ccc(I)s2)C1. The molecule has 1 aliphatic carbocycles. The molecule has 0 radical (unpaired) electrons. The van der Waals surface area contributed by atoms with E-state index in [9.17, 15) is 4.79 Å². The van der Waals surface area contributed by atoms with Gasteiger partial charge in [0.1, 0.15) is 0 Å². The minimum absolute atomic E-state index is 0. The highest BCUT2D eigenvalue weighted by atomic mass is 127. The second kappa shape index (κ2) is 8.44. The van der Waals surface area contributed by atoms with Crippen LogP contribution in [0.3, 0.4) is 0 Å². The van der Waals surface area contributed by atoms with Gasteiger partial charge in [0.15, 0.2) is 0 Å². The Hall–Kier alpha value is 0.150. The lowest BCUT2D eigenvalue weighted by Gasteiger charge is -2.25. The first kappa shape index (κ1) is 17.2. The summed E-state index contributed by atoms with van der Waals surface area (Å²) >= 11 is 4.11. The Kier molecular flexibility index (Phi) is 7.64. The maximum atomic E-state index is 12.0. The predicted octanol–water partition coefficient (Wildman–Crippen LogP) is 2.95. The van der Waals surface area contributed by atoms with E-state index in [1.165, 1.54) is 7.76 Å². The van der Waals surface area contributed by atoms with E-state index in [4.69, 9.17) is 5.73 Å². The van der Waals surface area contributed by atoms with E-state index in [0.717, 1.165) is 38.6 Å². The molecule has 0 aliphatic heterocycles. The lowest BCUT2D eigenvalue weighted by molar-refractivity contribution is -0.126. The maximum absolute atomic E-state index is 12.0. The van der Waals surface area contributed by atoms with E-state index in [1.807, 2.05) is 0 Å². The van der Waals surface area contributed by atoms with Crippen molar-refractivity contribution in [3.05, 3.63) is 19.9 Å². The van der Waals surface area contributed by atoms with Crippen LogP contribution in [0.2, 0.25) is 0 Å². The monoisotopic (exact) mass is 414 g/mol. The summed E-state index contributed by atoms with van der Waals surface area (Å²) in [5.74, 6) is 0.327. The predicted molar refractivity (Wildman–Crippen MR) is 90.9 cm³/mol. The number of carbonyl (C=O) groups excluding carboxylic acids is 1. The Morgan fingerprint density at radius 1 is 1.47 bits per heavy atom. The van der Waals surface area contributed by atoms with Gasteiger partial charge in [0.2, 0.25) is 5.91 Å². The highest BCUT2D eigenvalue weighted by molar-refractivity contribution is 14.1. The summed E-state index contributed by atoms with van der Waals surface area (Å²) in [4.78, 5) is 13.3. The van der Waals surface area contributed by atoms with Gasteiger partial charge in [-0.05, 0) is 60.4 Å². The number of halogens is 2. The standard InChI is InChI=1S/C13H19IN2OS.ClH/c14-12-5-4-11(18-12)6-7-16-13(17)9-2-1-3-10(15)8-9;/h4-5,9-10H,1-3,6-8,15H2,(H,16,17);1H. The van der Waals surface area contributed by atoms with E-state index in [-0.39, 0.29) is 30.3 Å². The van der Waals surface area contributed by atoms with Crippen LogP contribution in [0, 0.1) is 8.80 Å². The van der Waals surface area contributed by atoms with Crippen molar-refractivity contribution in [1.82, 2.24) is 5.32 Å². The molecule has 1 aromatic heterocycles. The molecule has 1 saturated carbocycles. The van der Waals surface area contributed by atoms with Crippen molar-refractivity contribution in [2.45, 2.75) is 38.1 Å². The number of amides is 1. The normalized spacial score (nSPS) is 22.6. The van der Waals surface area contributed by atoms with Crippen LogP contribution in [0.5, 0.6) is 0 Å². The molecule has 1 amide bonds. The Labute approximate surface area is 138 Å². The Morgan fingerprint density at radius 3 is 2.89 bits per heavy atom. The largest absolute Gasteiger partial charge is 0.356 e. The zero-order valence-electron chi connectivity index (χ0n) is 10.7. The first-order chi connectivity index (χ1) is 8.65. The first-order valence-corrected chi connectivity index (χ1v) is 8.32. The summed E-state index contributed by atoms with van der Waals surface area (Å²) in [6.07, 6.45) is 4.93. The van der Waals surface area contributed by atoms with E-state index in [2.05, 4.69) is 40.0 Å². The van der Waals surface area contributed by atoms with E-state index >= 15 is 0 Å². The maximum Gasteiger partial charge on any atom is 0.223 e. The van der Waals surface area contributed by atoms with Crippen molar-refractivity contribution >= 4 is 52.2 Å². The molecule has 6 heteroatoms. The number of nitrogens with two attached hydrogens (primary N) is 1. The Morgan fingerprint density at radius 2 is 2.26 bits per heavy atom. The molecule has 0 aromatic carbocycles. The van der Waals surface area contributed by atoms with Crippen LogP contribution >= 0.6 is 46.3 Å². The van der Waals surface area contributed by atoms with Crippen LogP contribution in [0.1, 0.15) is 30.6 Å². The zero-order valence-corrected chi connectivity index (χ0v) is 14.5. The number of carbonyl (C=O) groups is 1. The fourth-order valence-electron chi connectivity index (χ4n) is 2.41. The van der Waals surface area contributed by atoms with Crippen molar-refractivity contribution in [3.8, 4) is 0 Å². The molecule has 0 spiro atoms. The summed E-state index contributed by atoms with van der Waals surface area (Å²) in [5, 5.41) is 3.04. The molecule has 0 bridgehead atoms. The third kappa shape index (κ3) is 5.57. The Bertz CT molecular complexity index is 413. The molecule has 2 unspecified atom stereocenters. The van der Waals surface area contributed by atoms with Gasteiger partial charge in [0.25, 0.3) is 0 Å². The van der Waals surface area contributed by atoms with Gasteiger partial charge in [0.05, 0.1) is 2.88 Å². The van der Waals surface area contributed by atoms with E-state index in [1.54, 1.807) is 11.3 Å². The summed E-state index contributed by atoms with van der Waals surface area (Å²) in [6.45, 7) is 0.737. The molecule has 0 saturated heterocycles. The third-order valence-corrected chi connectivity index (χ3v) is 5.34. The number of hydrogen-bond acceptors (Lipinski definition) is 3. The van der Waals surface area contributed by atoms with Gasteiger partial charge in [-0.2, -0.15) is 0 Å². The van der Waals surface area contributed by atoms with Crippen molar-refractivity contribution in [2.24, 2.45) is 11.7 Å². The molecule has 2 rings (SSSR count). The summed E-state index contributed by atoms with van der Waals surface area (Å²) in [5.41, 5.74) is 5.91. The molecule has 1 aliphatic rings. The summed E-state index contributed by atoms with van der Waals surface area (Å²) in [6, 6.07) is 4.46. The first-order valence-electron chi connectivity index (χ1n) is 6.42. The number of nitrogens with one attached hydrogen (secondary N) is 1. The quantitative estimate of drug-likeness (QED) is 0.744. The van der Waals surface area contributed by atoms with Crippen LogP contribution < -0.4 is 11.1 Å². The van der Waals surface area contributed by atoms with Gasteiger partial charge >= 0.3 is 0 Å². The average molecular weight is 415 g/mol. The minimum atomic E-state index is 0. The van der Waals surface area contributed by atoms with Gasteiger partial charge in [-0.25, -0.2) is 0 Å². The second-order valence-corrected chi connectivity index (χ2v) is 7.93. The fraction of sp³-hybridized carbons (Fsp3) is 0.615. The molecular weight excluding hydrogens is 395 g/mol. The van der Waals surface area contributed by atoms with Crippen LogP contribution in [0.25, 0.3) is 0 Å². The molecule has 108 valence electrons. The Balaban J connectivity index is 0.00000180. The fourth-order valence-corrected chi connectivity index (χ4v) is 4.16. The summed E-state index contributed by atoms with van der Waals surface area (Å²) < 4.78 is 1.30. The van der Waals surface area contributed by atoms with Gasteiger partial charge in [0, 0.05) is 23.4 Å². The molecule has 19 heavy (non-hydrogen) atoms. The van der Waals surface area contributed by atoms with Crippen LogP contribution in [0.4, 0.5) is 0 Å². The van der Waals surface area contributed by atoms with Gasteiger partial charge in [-0.1, -0.05) is 6.42 Å². The molecule has 2 atom stereocenters. The molecule has 1 heterocycles. The number of rotatable bonds is 4. The average Bonchev–Trinajstić information content (AvgIpc) is 2.75. The zero-order chi connectivity index (χ0) is 13.0. The van der Waals surface area contributed by atoms with Crippen molar-refractivity contribution in [3.63, 3.8) is 0 Å². The van der Waals surface area contributed by atoms with Crippen molar-refractivity contribution in [1.29, 1.82) is 0 Å². The molecule has 1 aromatic rings. The molecule has 1 fully saturated rings. The van der Waals surface area contributed by atoms with E-state index < -0.39 is 0 Å². The van der Waals surface area contributed by atoms with Crippen molar-refractivity contribution < 1.29 is 4.79 Å². The lowest BCUT2D eigenvalue weighted by Crippen LogP contribution is -2.38. The number of hydrogen-bond donors (Lipinski definition) is 2. The second-order valence-electron chi connectivity index (χ2n) is 4.87. The van der Waals surface area contributed by atoms with Crippen LogP contribution in [-0.2, 0) is 11.2 Å². The van der Waals surface area contributed by atoms with Crippen LogP contribution in [-0.4, -0.2) is 18.5 Å². The molecular formula is C13H20ClIN2OS. The summed E-state index contributed by atoms with van der Waals surface area (Å²) in [7, 11) is 0. The topological polar surface area (TPSA) is 55.1 Å². The highest BCUT2D eigenvalue weighted by Gasteiger charge is 2.24. The van der Waals surface area contributed by atoms with Gasteiger partial charge in [-0.15, -0.1) is 23.7 Å². The molecule has 3 nitrogen and oxygen atoms in total. The molecule has 3 N–H and O–H groups in total. The van der Waals surface area contributed by atoms with Gasteiger partial charge in [-0.3, -0.25) is 4.79 Å². The van der Waals surface area contributed by atoms with E-state index in [0.29, 0.717) is 0 Å². The van der Waals surface area contributed by atoms with Crippen molar-refractivity contribution in [2.75, 3.05) is 6.54 Å². The smallest absolute Gasteiger partial charge is 0.223 e. The van der Waals surface area contributed by atoms with Gasteiger partial charge < -0.3 is 11.1 Å². The third-order valence-electron chi connectivity index (χ3n) is 3.39. The lowest BCUT2D eigenvalue weighted by atomic mass is 9.85. The highest BCUT2D eigenvalue weighted by Crippen LogP contribution is 2.23. The minimum Gasteiger partial charge on any atom is -0.356 e.